The molecule has 1 aromatic rings. The van der Waals surface area contributed by atoms with Crippen LogP contribution in [0.1, 0.15) is 37.7 Å². The second kappa shape index (κ2) is 5.96. The van der Waals surface area contributed by atoms with Gasteiger partial charge in [-0.3, -0.25) is 9.69 Å². The van der Waals surface area contributed by atoms with Gasteiger partial charge in [0.15, 0.2) is 0 Å². The van der Waals surface area contributed by atoms with Crippen molar-refractivity contribution in [2.24, 2.45) is 5.92 Å². The van der Waals surface area contributed by atoms with Crippen molar-refractivity contribution in [1.29, 1.82) is 0 Å². The number of Topliss-reactive ketones (excluding diaryl/α,β-unsaturated/α-hetero) is 1. The summed E-state index contributed by atoms with van der Waals surface area (Å²) in [5, 5.41) is 0. The molecule has 0 N–H and O–H groups in total. The lowest BCUT2D eigenvalue weighted by molar-refractivity contribution is -0.122. The molecule has 2 unspecified atom stereocenters. The second-order valence-electron chi connectivity index (χ2n) is 5.96. The molecule has 1 aliphatic carbocycles. The molecule has 1 aliphatic heterocycles. The maximum Gasteiger partial charge on any atom is 0.137 e. The van der Waals surface area contributed by atoms with Gasteiger partial charge in [0.1, 0.15) is 11.5 Å². The summed E-state index contributed by atoms with van der Waals surface area (Å²) in [5.41, 5.74) is 1.23. The molecular formula is C17H23NO2. The number of nitrogens with zero attached hydrogens (tertiary/aromatic N) is 1. The van der Waals surface area contributed by atoms with E-state index in [1.807, 2.05) is 12.1 Å². The molecule has 0 radical (unpaired) electrons. The molecule has 3 rings (SSSR count). The fraction of sp³-hybridized carbons (Fsp3) is 0.588. The summed E-state index contributed by atoms with van der Waals surface area (Å²) in [6, 6.07) is 8.66. The van der Waals surface area contributed by atoms with Crippen molar-refractivity contribution in [3.8, 4) is 5.75 Å². The van der Waals surface area contributed by atoms with Crippen LogP contribution in [-0.2, 0) is 11.3 Å². The Morgan fingerprint density at radius 1 is 1.25 bits per heavy atom. The lowest BCUT2D eigenvalue weighted by Gasteiger charge is -2.29. The number of benzene rings is 1. The molecule has 0 bridgehead atoms. The first-order valence-electron chi connectivity index (χ1n) is 7.68. The zero-order valence-electron chi connectivity index (χ0n) is 12.2. The highest BCUT2D eigenvalue weighted by Gasteiger charge is 2.38. The molecule has 1 saturated carbocycles. The molecule has 3 nitrogen and oxygen atoms in total. The fourth-order valence-electron chi connectivity index (χ4n) is 3.81. The SMILES string of the molecule is COc1ccccc1CN1CCCC1C1CCCC1=O. The number of hydrogen-bond donors (Lipinski definition) is 0. The van der Waals surface area contributed by atoms with Gasteiger partial charge in [-0.05, 0) is 38.3 Å². The van der Waals surface area contributed by atoms with Crippen molar-refractivity contribution < 1.29 is 9.53 Å². The van der Waals surface area contributed by atoms with Crippen molar-refractivity contribution >= 4 is 5.78 Å². The minimum absolute atomic E-state index is 0.284. The van der Waals surface area contributed by atoms with E-state index in [0.29, 0.717) is 11.8 Å². The monoisotopic (exact) mass is 273 g/mol. The van der Waals surface area contributed by atoms with Crippen molar-refractivity contribution in [2.75, 3.05) is 13.7 Å². The maximum atomic E-state index is 12.0. The third kappa shape index (κ3) is 2.59. The third-order valence-electron chi connectivity index (χ3n) is 4.80. The molecule has 1 heterocycles. The Labute approximate surface area is 120 Å². The van der Waals surface area contributed by atoms with Crippen LogP contribution in [0.25, 0.3) is 0 Å². The number of likely N-dealkylation sites (tertiary alicyclic amines) is 1. The smallest absolute Gasteiger partial charge is 0.137 e. The lowest BCUT2D eigenvalue weighted by Crippen LogP contribution is -2.37. The van der Waals surface area contributed by atoms with Gasteiger partial charge >= 0.3 is 0 Å². The lowest BCUT2D eigenvalue weighted by atomic mass is 9.95. The summed E-state index contributed by atoms with van der Waals surface area (Å²) in [6.07, 6.45) is 5.35. The van der Waals surface area contributed by atoms with Crippen LogP contribution >= 0.6 is 0 Å². The number of rotatable bonds is 4. The molecule has 1 aromatic carbocycles. The third-order valence-corrected chi connectivity index (χ3v) is 4.80. The van der Waals surface area contributed by atoms with Crippen molar-refractivity contribution in [3.63, 3.8) is 0 Å². The van der Waals surface area contributed by atoms with Gasteiger partial charge < -0.3 is 4.74 Å². The van der Waals surface area contributed by atoms with E-state index >= 15 is 0 Å². The Kier molecular flexibility index (Phi) is 4.06. The van der Waals surface area contributed by atoms with E-state index < -0.39 is 0 Å². The van der Waals surface area contributed by atoms with E-state index in [4.69, 9.17) is 4.74 Å². The van der Waals surface area contributed by atoms with Crippen LogP contribution in [0.15, 0.2) is 24.3 Å². The standard InChI is InChI=1S/C17H23NO2/c1-20-17-10-3-2-6-13(17)12-18-11-5-8-15(18)14-7-4-9-16(14)19/h2-3,6,10,14-15H,4-5,7-9,11-12H2,1H3. The highest BCUT2D eigenvalue weighted by molar-refractivity contribution is 5.83. The summed E-state index contributed by atoms with van der Waals surface area (Å²) in [5.74, 6) is 1.73. The first-order valence-corrected chi connectivity index (χ1v) is 7.68. The Bertz CT molecular complexity index is 486. The Hall–Kier alpha value is -1.35. The zero-order chi connectivity index (χ0) is 13.9. The van der Waals surface area contributed by atoms with E-state index in [-0.39, 0.29) is 5.92 Å². The molecule has 1 saturated heterocycles. The Balaban J connectivity index is 1.74. The molecule has 3 heteroatoms. The molecule has 0 aromatic heterocycles. The van der Waals surface area contributed by atoms with Gasteiger partial charge in [0.05, 0.1) is 7.11 Å². The molecule has 2 aliphatic rings. The van der Waals surface area contributed by atoms with Crippen molar-refractivity contribution in [3.05, 3.63) is 29.8 Å². The van der Waals surface area contributed by atoms with Crippen LogP contribution in [0.2, 0.25) is 0 Å². The minimum Gasteiger partial charge on any atom is -0.496 e. The van der Waals surface area contributed by atoms with Gasteiger partial charge in [-0.25, -0.2) is 0 Å². The van der Waals surface area contributed by atoms with Crippen molar-refractivity contribution in [1.82, 2.24) is 4.90 Å². The molecular weight excluding hydrogens is 250 g/mol. The predicted octanol–water partition coefficient (Wildman–Crippen LogP) is 3.03. The Morgan fingerprint density at radius 2 is 2.10 bits per heavy atom. The first kappa shape index (κ1) is 13.6. The summed E-state index contributed by atoms with van der Waals surface area (Å²) in [4.78, 5) is 14.5. The van der Waals surface area contributed by atoms with Gasteiger partial charge in [-0.15, -0.1) is 0 Å². The molecule has 0 amide bonds. The average Bonchev–Trinajstić information content (AvgIpc) is 3.08. The van der Waals surface area contributed by atoms with Crippen LogP contribution < -0.4 is 4.74 Å². The highest BCUT2D eigenvalue weighted by Crippen LogP contribution is 2.34. The van der Waals surface area contributed by atoms with Crippen LogP contribution in [0, 0.1) is 5.92 Å². The highest BCUT2D eigenvalue weighted by atomic mass is 16.5. The van der Waals surface area contributed by atoms with Gasteiger partial charge in [0, 0.05) is 30.5 Å². The minimum atomic E-state index is 0.284. The molecule has 108 valence electrons. The van der Waals surface area contributed by atoms with Crippen molar-refractivity contribution in [2.45, 2.75) is 44.7 Å². The topological polar surface area (TPSA) is 29.5 Å². The molecule has 20 heavy (non-hydrogen) atoms. The summed E-state index contributed by atoms with van der Waals surface area (Å²) in [7, 11) is 1.72. The van der Waals surface area contributed by atoms with E-state index in [9.17, 15) is 4.79 Å². The number of ketones is 1. The van der Waals surface area contributed by atoms with Gasteiger partial charge in [0.2, 0.25) is 0 Å². The van der Waals surface area contributed by atoms with Crippen LogP contribution in [0.5, 0.6) is 5.75 Å². The fourth-order valence-corrected chi connectivity index (χ4v) is 3.81. The Morgan fingerprint density at radius 3 is 2.85 bits per heavy atom. The summed E-state index contributed by atoms with van der Waals surface area (Å²) >= 11 is 0. The summed E-state index contributed by atoms with van der Waals surface area (Å²) < 4.78 is 5.44. The van der Waals surface area contributed by atoms with Crippen LogP contribution in [0.4, 0.5) is 0 Å². The number of para-hydroxylation sites is 1. The number of carbonyl (C=O) groups excluding carboxylic acids is 1. The van der Waals surface area contributed by atoms with Gasteiger partial charge in [0.25, 0.3) is 0 Å². The number of methoxy groups -OCH3 is 1. The normalized spacial score (nSPS) is 27.1. The van der Waals surface area contributed by atoms with E-state index in [1.54, 1.807) is 7.11 Å². The molecule has 2 atom stereocenters. The number of hydrogen-bond acceptors (Lipinski definition) is 3. The maximum absolute atomic E-state index is 12.0. The second-order valence-corrected chi connectivity index (χ2v) is 5.96. The number of carbonyl (C=O) groups is 1. The molecule has 2 fully saturated rings. The van der Waals surface area contributed by atoms with E-state index in [1.165, 1.54) is 18.4 Å². The van der Waals surface area contributed by atoms with Crippen LogP contribution in [0.3, 0.4) is 0 Å². The van der Waals surface area contributed by atoms with E-state index in [0.717, 1.165) is 38.1 Å². The summed E-state index contributed by atoms with van der Waals surface area (Å²) in [6.45, 7) is 2.00. The largest absolute Gasteiger partial charge is 0.496 e. The predicted molar refractivity (Wildman–Crippen MR) is 78.8 cm³/mol. The van der Waals surface area contributed by atoms with Gasteiger partial charge in [-0.1, -0.05) is 18.2 Å². The van der Waals surface area contributed by atoms with E-state index in [2.05, 4.69) is 17.0 Å². The van der Waals surface area contributed by atoms with Gasteiger partial charge in [-0.2, -0.15) is 0 Å². The van der Waals surface area contributed by atoms with Crippen LogP contribution in [-0.4, -0.2) is 30.4 Å². The number of ether oxygens (including phenoxy) is 1. The first-order chi connectivity index (χ1) is 9.79. The zero-order valence-corrected chi connectivity index (χ0v) is 12.2. The molecule has 0 spiro atoms. The quantitative estimate of drug-likeness (QED) is 0.844. The average molecular weight is 273 g/mol.